The van der Waals surface area contributed by atoms with Crippen LogP contribution in [-0.4, -0.2) is 50.2 Å². The molecule has 0 unspecified atom stereocenters. The van der Waals surface area contributed by atoms with Crippen LogP contribution in [-0.2, 0) is 11.3 Å². The Labute approximate surface area is 172 Å². The predicted molar refractivity (Wildman–Crippen MR) is 117 cm³/mol. The molecule has 1 aliphatic rings. The zero-order valence-corrected chi connectivity index (χ0v) is 18.4. The molecule has 25 heavy (non-hydrogen) atoms. The Hall–Kier alpha value is -0.960. The lowest BCUT2D eigenvalue weighted by atomic mass is 9.93. The van der Waals surface area contributed by atoms with Crippen LogP contribution in [0.4, 0.5) is 0 Å². The van der Waals surface area contributed by atoms with E-state index in [4.69, 9.17) is 0 Å². The van der Waals surface area contributed by atoms with Gasteiger partial charge in [-0.2, -0.15) is 0 Å². The molecule has 1 aromatic carbocycles. The van der Waals surface area contributed by atoms with Crippen LogP contribution in [0.1, 0.15) is 24.8 Å². The molecule has 2 N–H and O–H groups in total. The molecule has 1 aromatic rings. The number of rotatable bonds is 5. The number of amides is 1. The SMILES string of the molecule is CN=C(NCc1ccc(SC)cc1)N1CCC(CC(=O)NC)CC1.I. The predicted octanol–water partition coefficient (Wildman–Crippen LogP) is 2.95. The Bertz CT molecular complexity index is 557. The van der Waals surface area contributed by atoms with Crippen molar-refractivity contribution >= 4 is 47.6 Å². The molecule has 1 fully saturated rings. The number of nitrogens with one attached hydrogen (secondary N) is 2. The smallest absolute Gasteiger partial charge is 0.220 e. The second-order valence-corrected chi connectivity index (χ2v) is 6.94. The van der Waals surface area contributed by atoms with Crippen LogP contribution >= 0.6 is 35.7 Å². The first-order valence-corrected chi connectivity index (χ1v) is 9.67. The molecule has 1 aliphatic heterocycles. The normalized spacial score (nSPS) is 15.5. The van der Waals surface area contributed by atoms with Gasteiger partial charge in [-0.1, -0.05) is 12.1 Å². The number of benzene rings is 1. The molecule has 140 valence electrons. The van der Waals surface area contributed by atoms with Gasteiger partial charge in [-0.3, -0.25) is 9.79 Å². The monoisotopic (exact) mass is 476 g/mol. The maximum absolute atomic E-state index is 11.5. The average Bonchev–Trinajstić information content (AvgIpc) is 2.63. The molecule has 1 saturated heterocycles. The lowest BCUT2D eigenvalue weighted by molar-refractivity contribution is -0.121. The molecule has 0 aromatic heterocycles. The number of halogens is 1. The van der Waals surface area contributed by atoms with Crippen LogP contribution in [0.3, 0.4) is 0 Å². The molecular formula is C18H29IN4OS. The number of hydrogen-bond donors (Lipinski definition) is 2. The number of aliphatic imine (C=N–C) groups is 1. The summed E-state index contributed by atoms with van der Waals surface area (Å²) in [5, 5.41) is 6.16. The van der Waals surface area contributed by atoms with Crippen LogP contribution in [0, 0.1) is 5.92 Å². The molecule has 1 heterocycles. The summed E-state index contributed by atoms with van der Waals surface area (Å²) >= 11 is 1.75. The number of thioether (sulfide) groups is 1. The Morgan fingerprint density at radius 3 is 2.44 bits per heavy atom. The van der Waals surface area contributed by atoms with E-state index in [0.29, 0.717) is 12.3 Å². The number of likely N-dealkylation sites (tertiary alicyclic amines) is 1. The third-order valence-corrected chi connectivity index (χ3v) is 5.23. The van der Waals surface area contributed by atoms with Crippen molar-refractivity contribution in [3.63, 3.8) is 0 Å². The van der Waals surface area contributed by atoms with Crippen molar-refractivity contribution in [1.29, 1.82) is 0 Å². The van der Waals surface area contributed by atoms with Crippen LogP contribution in [0.25, 0.3) is 0 Å². The first-order valence-electron chi connectivity index (χ1n) is 8.45. The molecule has 0 saturated carbocycles. The fourth-order valence-electron chi connectivity index (χ4n) is 2.97. The third kappa shape index (κ3) is 7.05. The van der Waals surface area contributed by atoms with E-state index in [2.05, 4.69) is 51.0 Å². The first-order chi connectivity index (χ1) is 11.7. The van der Waals surface area contributed by atoms with E-state index in [9.17, 15) is 4.79 Å². The number of guanidine groups is 1. The van der Waals surface area contributed by atoms with E-state index in [1.165, 1.54) is 10.5 Å². The lowest BCUT2D eigenvalue weighted by Gasteiger charge is -2.34. The summed E-state index contributed by atoms with van der Waals surface area (Å²) in [6.45, 7) is 2.68. The summed E-state index contributed by atoms with van der Waals surface area (Å²) in [5.41, 5.74) is 1.25. The van der Waals surface area contributed by atoms with Crippen molar-refractivity contribution in [3.05, 3.63) is 29.8 Å². The van der Waals surface area contributed by atoms with E-state index in [1.54, 1.807) is 18.8 Å². The molecular weight excluding hydrogens is 447 g/mol. The van der Waals surface area contributed by atoms with Crippen molar-refractivity contribution < 1.29 is 4.79 Å². The van der Waals surface area contributed by atoms with Gasteiger partial charge < -0.3 is 15.5 Å². The summed E-state index contributed by atoms with van der Waals surface area (Å²) < 4.78 is 0. The van der Waals surface area contributed by atoms with Gasteiger partial charge in [0.2, 0.25) is 5.91 Å². The minimum atomic E-state index is 0. The second kappa shape index (κ2) is 11.6. The molecule has 2 rings (SSSR count). The van der Waals surface area contributed by atoms with Gasteiger partial charge in [0.15, 0.2) is 5.96 Å². The number of carbonyl (C=O) groups excluding carboxylic acids is 1. The Kier molecular flexibility index (Phi) is 10.3. The maximum atomic E-state index is 11.5. The highest BCUT2D eigenvalue weighted by molar-refractivity contribution is 14.0. The average molecular weight is 476 g/mol. The quantitative estimate of drug-likeness (QED) is 0.297. The van der Waals surface area contributed by atoms with Gasteiger partial charge in [-0.25, -0.2) is 0 Å². The molecule has 1 amide bonds. The summed E-state index contributed by atoms with van der Waals surface area (Å²) in [4.78, 5) is 19.5. The molecule has 0 aliphatic carbocycles. The second-order valence-electron chi connectivity index (χ2n) is 6.06. The van der Waals surface area contributed by atoms with E-state index in [0.717, 1.165) is 38.4 Å². The molecule has 0 spiro atoms. The molecule has 5 nitrogen and oxygen atoms in total. The number of nitrogens with zero attached hydrogens (tertiary/aromatic N) is 2. The Balaban J connectivity index is 0.00000312. The summed E-state index contributed by atoms with van der Waals surface area (Å²) in [6, 6.07) is 8.60. The topological polar surface area (TPSA) is 56.7 Å². The van der Waals surface area contributed by atoms with Crippen LogP contribution in [0.15, 0.2) is 34.2 Å². The van der Waals surface area contributed by atoms with Gasteiger partial charge >= 0.3 is 0 Å². The van der Waals surface area contributed by atoms with Gasteiger partial charge in [0.05, 0.1) is 0 Å². The highest BCUT2D eigenvalue weighted by Crippen LogP contribution is 2.20. The molecule has 0 radical (unpaired) electrons. The summed E-state index contributed by atoms with van der Waals surface area (Å²) in [6.07, 6.45) is 4.80. The van der Waals surface area contributed by atoms with Gasteiger partial charge in [0.25, 0.3) is 0 Å². The Morgan fingerprint density at radius 1 is 1.28 bits per heavy atom. The fraction of sp³-hybridized carbons (Fsp3) is 0.556. The van der Waals surface area contributed by atoms with Crippen molar-refractivity contribution in [2.75, 3.05) is 33.4 Å². The lowest BCUT2D eigenvalue weighted by Crippen LogP contribution is -2.45. The summed E-state index contributed by atoms with van der Waals surface area (Å²) in [7, 11) is 3.53. The highest BCUT2D eigenvalue weighted by atomic mass is 127. The minimum Gasteiger partial charge on any atom is -0.359 e. The van der Waals surface area contributed by atoms with Gasteiger partial charge in [0.1, 0.15) is 0 Å². The van der Waals surface area contributed by atoms with E-state index in [1.807, 2.05) is 7.05 Å². The minimum absolute atomic E-state index is 0. The standard InChI is InChI=1S/C18H28N4OS.HI/c1-19-17(23)12-14-8-10-22(11-9-14)18(20-2)21-13-15-4-6-16(24-3)7-5-15;/h4-7,14H,8-13H2,1-3H3,(H,19,23)(H,20,21);1H. The van der Waals surface area contributed by atoms with Crippen molar-refractivity contribution in [2.24, 2.45) is 10.9 Å². The van der Waals surface area contributed by atoms with E-state index in [-0.39, 0.29) is 29.9 Å². The van der Waals surface area contributed by atoms with E-state index >= 15 is 0 Å². The molecule has 0 atom stereocenters. The van der Waals surface area contributed by atoms with Crippen molar-refractivity contribution in [2.45, 2.75) is 30.7 Å². The zero-order valence-electron chi connectivity index (χ0n) is 15.2. The number of carbonyl (C=O) groups is 1. The van der Waals surface area contributed by atoms with Gasteiger partial charge in [-0.05, 0) is 42.7 Å². The highest BCUT2D eigenvalue weighted by Gasteiger charge is 2.22. The van der Waals surface area contributed by atoms with Crippen molar-refractivity contribution in [3.8, 4) is 0 Å². The summed E-state index contributed by atoms with van der Waals surface area (Å²) in [5.74, 6) is 1.57. The van der Waals surface area contributed by atoms with Crippen molar-refractivity contribution in [1.82, 2.24) is 15.5 Å². The van der Waals surface area contributed by atoms with Crippen LogP contribution in [0.2, 0.25) is 0 Å². The third-order valence-electron chi connectivity index (χ3n) is 4.49. The molecule has 7 heteroatoms. The van der Waals surface area contributed by atoms with Gasteiger partial charge in [-0.15, -0.1) is 35.7 Å². The maximum Gasteiger partial charge on any atom is 0.220 e. The van der Waals surface area contributed by atoms with Crippen LogP contribution < -0.4 is 10.6 Å². The first kappa shape index (κ1) is 22.1. The Morgan fingerprint density at radius 2 is 1.92 bits per heavy atom. The zero-order chi connectivity index (χ0) is 17.4. The fourth-order valence-corrected chi connectivity index (χ4v) is 3.38. The number of piperidine rings is 1. The van der Waals surface area contributed by atoms with Gasteiger partial charge in [0, 0.05) is 45.0 Å². The number of hydrogen-bond acceptors (Lipinski definition) is 3. The van der Waals surface area contributed by atoms with E-state index < -0.39 is 0 Å². The van der Waals surface area contributed by atoms with Crippen LogP contribution in [0.5, 0.6) is 0 Å². The molecule has 0 bridgehead atoms. The largest absolute Gasteiger partial charge is 0.359 e.